The summed E-state index contributed by atoms with van der Waals surface area (Å²) in [5, 5.41) is 0. The third-order valence-corrected chi connectivity index (χ3v) is 5.32. The molecule has 2 rings (SSSR count). The van der Waals surface area contributed by atoms with E-state index in [0.717, 1.165) is 12.8 Å². The van der Waals surface area contributed by atoms with Gasteiger partial charge in [-0.15, -0.1) is 0 Å². The van der Waals surface area contributed by atoms with Crippen molar-refractivity contribution in [2.45, 2.75) is 24.7 Å². The summed E-state index contributed by atoms with van der Waals surface area (Å²) in [5.74, 6) is 0.435. The molecule has 0 fully saturated rings. The van der Waals surface area contributed by atoms with Crippen LogP contribution in [0.25, 0.3) is 0 Å². The van der Waals surface area contributed by atoms with E-state index in [1.165, 1.54) is 31.4 Å². The van der Waals surface area contributed by atoms with Crippen LogP contribution in [0.5, 0.6) is 5.75 Å². The molecule has 0 aromatic heterocycles. The number of hydrogen-bond acceptors (Lipinski definition) is 4. The third kappa shape index (κ3) is 4.98. The fourth-order valence-corrected chi connectivity index (χ4v) is 3.44. The van der Waals surface area contributed by atoms with Crippen molar-refractivity contribution in [3.05, 3.63) is 54.1 Å². The zero-order chi connectivity index (χ0) is 19.2. The van der Waals surface area contributed by atoms with Crippen molar-refractivity contribution in [2.24, 2.45) is 0 Å². The molecule has 0 aliphatic carbocycles. The highest BCUT2D eigenvalue weighted by Crippen LogP contribution is 2.21. The molecule has 0 saturated carbocycles. The second kappa shape index (κ2) is 8.71. The Hall–Kier alpha value is -2.54. The molecular formula is C19H24N2O4S. The predicted molar refractivity (Wildman–Crippen MR) is 102 cm³/mol. The van der Waals surface area contributed by atoms with Crippen LogP contribution in [0.2, 0.25) is 0 Å². The van der Waals surface area contributed by atoms with Crippen LogP contribution in [0, 0.1) is 0 Å². The first-order valence-electron chi connectivity index (χ1n) is 8.39. The normalized spacial score (nSPS) is 11.0. The molecule has 1 N–H and O–H groups in total. The van der Waals surface area contributed by atoms with E-state index in [0.29, 0.717) is 23.5 Å². The summed E-state index contributed by atoms with van der Waals surface area (Å²) in [6.07, 6.45) is 1.93. The highest BCUT2D eigenvalue weighted by molar-refractivity contribution is 7.92. The molecule has 2 aromatic carbocycles. The molecule has 0 aliphatic rings. The zero-order valence-electron chi connectivity index (χ0n) is 15.2. The van der Waals surface area contributed by atoms with E-state index in [4.69, 9.17) is 4.74 Å². The van der Waals surface area contributed by atoms with Gasteiger partial charge in [-0.3, -0.25) is 9.52 Å². The Labute approximate surface area is 154 Å². The van der Waals surface area contributed by atoms with Crippen LogP contribution in [-0.2, 0) is 10.0 Å². The zero-order valence-corrected chi connectivity index (χ0v) is 16.0. The fraction of sp³-hybridized carbons (Fsp3) is 0.316. The Morgan fingerprint density at radius 3 is 2.46 bits per heavy atom. The van der Waals surface area contributed by atoms with Crippen molar-refractivity contribution < 1.29 is 17.9 Å². The average molecular weight is 376 g/mol. The van der Waals surface area contributed by atoms with E-state index in [2.05, 4.69) is 11.6 Å². The van der Waals surface area contributed by atoms with Crippen LogP contribution >= 0.6 is 0 Å². The first-order chi connectivity index (χ1) is 12.4. The maximum atomic E-state index is 12.5. The number of unbranched alkanes of at least 4 members (excludes halogenated alkanes) is 1. The minimum Gasteiger partial charge on any atom is -0.497 e. The Morgan fingerprint density at radius 2 is 1.85 bits per heavy atom. The molecule has 7 heteroatoms. The summed E-state index contributed by atoms with van der Waals surface area (Å²) in [4.78, 5) is 14.1. The lowest BCUT2D eigenvalue weighted by Crippen LogP contribution is -2.27. The third-order valence-electron chi connectivity index (χ3n) is 3.93. The largest absolute Gasteiger partial charge is 0.497 e. The van der Waals surface area contributed by atoms with Crippen LogP contribution in [-0.4, -0.2) is 39.9 Å². The number of anilines is 1. The van der Waals surface area contributed by atoms with Gasteiger partial charge in [-0.05, 0) is 42.8 Å². The smallest absolute Gasteiger partial charge is 0.261 e. The van der Waals surface area contributed by atoms with E-state index < -0.39 is 10.0 Å². The molecule has 1 amide bonds. The summed E-state index contributed by atoms with van der Waals surface area (Å²) in [6, 6.07) is 12.6. The summed E-state index contributed by atoms with van der Waals surface area (Å²) >= 11 is 0. The lowest BCUT2D eigenvalue weighted by molar-refractivity contribution is 0.0793. The number of sulfonamides is 1. The maximum absolute atomic E-state index is 12.5. The van der Waals surface area contributed by atoms with Crippen LogP contribution in [0.3, 0.4) is 0 Å². The van der Waals surface area contributed by atoms with Gasteiger partial charge in [-0.2, -0.15) is 0 Å². The molecule has 2 aromatic rings. The Kier molecular flexibility index (Phi) is 6.63. The average Bonchev–Trinajstić information content (AvgIpc) is 2.65. The van der Waals surface area contributed by atoms with Gasteiger partial charge in [0.05, 0.1) is 17.7 Å². The topological polar surface area (TPSA) is 75.7 Å². The van der Waals surface area contributed by atoms with Gasteiger partial charge in [0.15, 0.2) is 0 Å². The SMILES string of the molecule is CCCCN(C)C(=O)c1ccc(S(=O)(=O)Nc2cccc(OC)c2)cc1. The summed E-state index contributed by atoms with van der Waals surface area (Å²) in [7, 11) is -0.488. The first-order valence-corrected chi connectivity index (χ1v) is 9.88. The van der Waals surface area contributed by atoms with Gasteiger partial charge in [0.25, 0.3) is 15.9 Å². The van der Waals surface area contributed by atoms with Crippen LogP contribution in [0.4, 0.5) is 5.69 Å². The Balaban J connectivity index is 2.14. The van der Waals surface area contributed by atoms with Gasteiger partial charge in [-0.1, -0.05) is 19.4 Å². The van der Waals surface area contributed by atoms with Crippen molar-refractivity contribution in [1.29, 1.82) is 0 Å². The number of amides is 1. The minimum absolute atomic E-state index is 0.0908. The summed E-state index contributed by atoms with van der Waals surface area (Å²) < 4.78 is 32.6. The molecule has 140 valence electrons. The predicted octanol–water partition coefficient (Wildman–Crippen LogP) is 3.37. The second-order valence-corrected chi connectivity index (χ2v) is 7.62. The van der Waals surface area contributed by atoms with Gasteiger partial charge in [-0.25, -0.2) is 8.42 Å². The minimum atomic E-state index is -3.75. The summed E-state index contributed by atoms with van der Waals surface area (Å²) in [5.41, 5.74) is 0.868. The van der Waals surface area contributed by atoms with Crippen molar-refractivity contribution in [3.63, 3.8) is 0 Å². The number of rotatable bonds is 8. The van der Waals surface area contributed by atoms with E-state index in [9.17, 15) is 13.2 Å². The van der Waals surface area contributed by atoms with Gasteiger partial charge >= 0.3 is 0 Å². The van der Waals surface area contributed by atoms with Crippen molar-refractivity contribution in [1.82, 2.24) is 4.90 Å². The molecular weight excluding hydrogens is 352 g/mol. The Bertz CT molecular complexity index is 848. The molecule has 0 heterocycles. The number of benzene rings is 2. The highest BCUT2D eigenvalue weighted by atomic mass is 32.2. The number of carbonyl (C=O) groups is 1. The van der Waals surface area contributed by atoms with Crippen molar-refractivity contribution >= 4 is 21.6 Å². The van der Waals surface area contributed by atoms with Crippen LogP contribution < -0.4 is 9.46 Å². The number of hydrogen-bond donors (Lipinski definition) is 1. The molecule has 0 radical (unpaired) electrons. The lowest BCUT2D eigenvalue weighted by Gasteiger charge is -2.17. The molecule has 0 unspecified atom stereocenters. The molecule has 0 aliphatic heterocycles. The van der Waals surface area contributed by atoms with E-state index in [-0.39, 0.29) is 10.8 Å². The quantitative estimate of drug-likeness (QED) is 0.766. The molecule has 0 atom stereocenters. The summed E-state index contributed by atoms with van der Waals surface area (Å²) in [6.45, 7) is 2.74. The fourth-order valence-electron chi connectivity index (χ4n) is 2.39. The monoisotopic (exact) mass is 376 g/mol. The maximum Gasteiger partial charge on any atom is 0.261 e. The number of ether oxygens (including phenoxy) is 1. The van der Waals surface area contributed by atoms with Gasteiger partial charge in [0.2, 0.25) is 0 Å². The van der Waals surface area contributed by atoms with E-state index in [1.807, 2.05) is 0 Å². The molecule has 0 spiro atoms. The molecule has 6 nitrogen and oxygen atoms in total. The van der Waals surface area contributed by atoms with E-state index in [1.54, 1.807) is 36.2 Å². The number of carbonyl (C=O) groups excluding carboxylic acids is 1. The number of nitrogens with one attached hydrogen (secondary N) is 1. The van der Waals surface area contributed by atoms with E-state index >= 15 is 0 Å². The number of methoxy groups -OCH3 is 1. The Morgan fingerprint density at radius 1 is 1.15 bits per heavy atom. The van der Waals surface area contributed by atoms with Crippen molar-refractivity contribution in [2.75, 3.05) is 25.4 Å². The standard InChI is InChI=1S/C19H24N2O4S/c1-4-5-13-21(2)19(22)15-9-11-18(12-10-15)26(23,24)20-16-7-6-8-17(14-16)25-3/h6-12,14,20H,4-5,13H2,1-3H3. The molecule has 0 bridgehead atoms. The lowest BCUT2D eigenvalue weighted by atomic mass is 10.2. The van der Waals surface area contributed by atoms with Crippen molar-refractivity contribution in [3.8, 4) is 5.75 Å². The van der Waals surface area contributed by atoms with Gasteiger partial charge in [0.1, 0.15) is 5.75 Å². The first kappa shape index (κ1) is 19.8. The van der Waals surface area contributed by atoms with Gasteiger partial charge < -0.3 is 9.64 Å². The van der Waals surface area contributed by atoms with Crippen LogP contribution in [0.1, 0.15) is 30.1 Å². The molecule has 26 heavy (non-hydrogen) atoms. The second-order valence-electron chi connectivity index (χ2n) is 5.94. The highest BCUT2D eigenvalue weighted by Gasteiger charge is 2.17. The molecule has 0 saturated heterocycles. The number of nitrogens with zero attached hydrogens (tertiary/aromatic N) is 1. The van der Waals surface area contributed by atoms with Crippen LogP contribution in [0.15, 0.2) is 53.4 Å². The van der Waals surface area contributed by atoms with Gasteiger partial charge in [0, 0.05) is 25.2 Å².